The second-order valence-corrected chi connectivity index (χ2v) is 22.9. The number of aromatic nitrogens is 2. The van der Waals surface area contributed by atoms with Crippen LogP contribution in [0.2, 0.25) is 0 Å². The van der Waals surface area contributed by atoms with E-state index >= 15 is 0 Å². The maximum Gasteiger partial charge on any atom is 0.252 e. The number of rotatable bonds is 6. The third kappa shape index (κ3) is 7.30. The van der Waals surface area contributed by atoms with Gasteiger partial charge in [-0.2, -0.15) is 0 Å². The van der Waals surface area contributed by atoms with Gasteiger partial charge in [-0.15, -0.1) is 0 Å². The van der Waals surface area contributed by atoms with Gasteiger partial charge in [-0.25, -0.2) is 0 Å². The standard InChI is InChI=1S/C84H53BN4/c1-4-23-54(24-5-1)56-43-46-59(47-44-56)87-78-52-60(86-74-40-19-16-35-67(74)68-36-17-20-41-75(68)86)48-50-72(78)85-71-49-45-58(55-25-6-2-7-26-55)51-77(71)88(73-39-18-14-29-61(73)57-27-8-3-9-28-57)80-53-79-81(84(87)82(80)85)70-38-22-37-69-65-33-13-11-31-63(65)62-30-10-12-32-64(62)66-34-15-21-42-76(66)89(79)83(69)70/h1-53H/i2D,6D,7D,16D,17D,19D,20D,25D,26D,35D,36D,40D,41D. The molecule has 0 amide bonds. The Kier molecular flexibility index (Phi) is 8.38. The molecule has 0 spiro atoms. The van der Waals surface area contributed by atoms with E-state index in [9.17, 15) is 8.22 Å². The maximum atomic E-state index is 9.71. The highest BCUT2D eigenvalue weighted by Crippen LogP contribution is 2.53. The largest absolute Gasteiger partial charge is 0.311 e. The summed E-state index contributed by atoms with van der Waals surface area (Å²) in [6, 6.07) is 77.3. The normalized spacial score (nSPS) is 14.7. The van der Waals surface area contributed by atoms with Crippen LogP contribution < -0.4 is 26.2 Å². The number of fused-ring (bicyclic) bond motifs is 18. The summed E-state index contributed by atoms with van der Waals surface area (Å²) in [6.07, 6.45) is 0. The van der Waals surface area contributed by atoms with Crippen molar-refractivity contribution in [3.05, 3.63) is 321 Å². The SMILES string of the molecule is [2H]c1c([2H])c([2H])c(-c2ccc3c(c2)N(c2ccccc2-c2ccccc2)c2cc4c(c5c2B3c2ccc(-n3c6c([2H])c([2H])c([2H])c([2H])c6c6c([2H])c([2H])c([2H])c([2H])c63)cc2N5c2ccc(-c3ccccc3)cc2)c2cccc3c5ccccc5c5ccccc5c5ccccc5n4c32)c([2H])c1[2H]. The highest BCUT2D eigenvalue weighted by atomic mass is 15.2. The molecule has 17 aromatic rings. The van der Waals surface area contributed by atoms with Crippen molar-refractivity contribution in [2.24, 2.45) is 0 Å². The second kappa shape index (κ2) is 19.4. The number of benzene rings is 14. The first-order valence-electron chi connectivity index (χ1n) is 36.3. The van der Waals surface area contributed by atoms with Crippen LogP contribution in [0.25, 0.3) is 121 Å². The third-order valence-corrected chi connectivity index (χ3v) is 18.4. The first-order valence-corrected chi connectivity index (χ1v) is 29.8. The molecule has 0 bridgehead atoms. The Morgan fingerprint density at radius 2 is 0.820 bits per heavy atom. The molecule has 412 valence electrons. The van der Waals surface area contributed by atoms with Crippen molar-refractivity contribution in [1.82, 2.24) is 8.97 Å². The summed E-state index contributed by atoms with van der Waals surface area (Å²) in [5.41, 5.74) is 14.2. The number of anilines is 6. The number of nitrogens with zero attached hydrogens (tertiary/aromatic N) is 4. The van der Waals surface area contributed by atoms with Gasteiger partial charge in [0, 0.05) is 66.3 Å². The summed E-state index contributed by atoms with van der Waals surface area (Å²) in [4.78, 5) is 4.59. The Bertz CT molecular complexity index is 6530. The van der Waals surface area contributed by atoms with Crippen molar-refractivity contribution in [2.45, 2.75) is 0 Å². The number of hydrogen-bond acceptors (Lipinski definition) is 2. The Morgan fingerprint density at radius 1 is 0.292 bits per heavy atom. The van der Waals surface area contributed by atoms with Gasteiger partial charge in [-0.05, 0) is 126 Å². The van der Waals surface area contributed by atoms with E-state index in [1.807, 2.05) is 84.9 Å². The van der Waals surface area contributed by atoms with E-state index in [4.69, 9.17) is 9.60 Å². The minimum Gasteiger partial charge on any atom is -0.311 e. The number of hydrogen-bond donors (Lipinski definition) is 0. The highest BCUT2D eigenvalue weighted by molar-refractivity contribution is 7.00. The minimum absolute atomic E-state index is 0.0175. The van der Waals surface area contributed by atoms with Crippen LogP contribution in [-0.2, 0) is 0 Å². The lowest BCUT2D eigenvalue weighted by Gasteiger charge is -2.45. The maximum absolute atomic E-state index is 9.71. The van der Waals surface area contributed by atoms with Gasteiger partial charge in [-0.3, -0.25) is 0 Å². The molecule has 0 radical (unpaired) electrons. The zero-order chi connectivity index (χ0) is 69.6. The molecule has 0 N–H and O–H groups in total. The molecular weight excluding hydrogens is 1080 g/mol. The first-order chi connectivity index (χ1) is 49.6. The fourth-order valence-corrected chi connectivity index (χ4v) is 14.7. The van der Waals surface area contributed by atoms with Crippen molar-refractivity contribution in [2.75, 3.05) is 9.80 Å². The minimum atomic E-state index is -0.666. The lowest BCUT2D eigenvalue weighted by Crippen LogP contribution is -2.61. The second-order valence-electron chi connectivity index (χ2n) is 22.9. The van der Waals surface area contributed by atoms with Crippen molar-refractivity contribution in [3.8, 4) is 39.1 Å². The van der Waals surface area contributed by atoms with E-state index in [0.29, 0.717) is 22.6 Å². The first kappa shape index (κ1) is 38.4. The molecule has 2 aliphatic rings. The molecule has 5 heterocycles. The van der Waals surface area contributed by atoms with Gasteiger partial charge >= 0.3 is 0 Å². The average Bonchev–Trinajstić information content (AvgIpc) is 1.34. The van der Waals surface area contributed by atoms with E-state index in [0.717, 1.165) is 121 Å². The van der Waals surface area contributed by atoms with Crippen LogP contribution in [0.15, 0.2) is 321 Å². The van der Waals surface area contributed by atoms with E-state index in [1.165, 1.54) is 0 Å². The third-order valence-electron chi connectivity index (χ3n) is 18.4. The number of para-hydroxylation sites is 5. The molecule has 0 atom stereocenters. The summed E-state index contributed by atoms with van der Waals surface area (Å²) in [6.45, 7) is -0.666. The molecule has 0 aliphatic carbocycles. The Balaban J connectivity index is 1.05. The highest BCUT2D eigenvalue weighted by Gasteiger charge is 2.46. The molecule has 0 unspecified atom stereocenters. The van der Waals surface area contributed by atoms with Crippen LogP contribution in [0.1, 0.15) is 17.8 Å². The monoisotopic (exact) mass is 1140 g/mol. The summed E-state index contributed by atoms with van der Waals surface area (Å²) in [7, 11) is 0. The van der Waals surface area contributed by atoms with Crippen molar-refractivity contribution in [3.63, 3.8) is 0 Å². The molecule has 0 saturated carbocycles. The topological polar surface area (TPSA) is 15.8 Å². The van der Waals surface area contributed by atoms with Crippen LogP contribution in [0.3, 0.4) is 0 Å². The summed E-state index contributed by atoms with van der Waals surface area (Å²) in [5, 5.41) is 7.94. The zero-order valence-corrected chi connectivity index (χ0v) is 47.5. The van der Waals surface area contributed by atoms with Crippen LogP contribution in [0, 0.1) is 0 Å². The Morgan fingerprint density at radius 3 is 1.54 bits per heavy atom. The van der Waals surface area contributed by atoms with E-state index in [2.05, 4.69) is 172 Å². The van der Waals surface area contributed by atoms with Crippen molar-refractivity contribution >= 4 is 139 Å². The predicted molar refractivity (Wildman–Crippen MR) is 378 cm³/mol. The van der Waals surface area contributed by atoms with Crippen LogP contribution in [0.5, 0.6) is 0 Å². The molecule has 19 rings (SSSR count). The van der Waals surface area contributed by atoms with Crippen LogP contribution in [0.4, 0.5) is 34.1 Å². The summed E-state index contributed by atoms with van der Waals surface area (Å²) >= 11 is 0. The summed E-state index contributed by atoms with van der Waals surface area (Å²) in [5.74, 6) is 0. The van der Waals surface area contributed by atoms with Crippen LogP contribution in [-0.4, -0.2) is 15.7 Å². The molecule has 0 saturated heterocycles. The Labute approximate surface area is 533 Å². The molecule has 4 nitrogen and oxygen atoms in total. The summed E-state index contributed by atoms with van der Waals surface area (Å²) < 4.78 is 124. The molecular formula is C84H53BN4. The van der Waals surface area contributed by atoms with E-state index in [1.54, 1.807) is 4.57 Å². The zero-order valence-electron chi connectivity index (χ0n) is 60.5. The van der Waals surface area contributed by atoms with Gasteiger partial charge in [0.25, 0.3) is 6.71 Å². The smallest absolute Gasteiger partial charge is 0.252 e. The van der Waals surface area contributed by atoms with Gasteiger partial charge < -0.3 is 18.8 Å². The molecule has 2 aliphatic heterocycles. The van der Waals surface area contributed by atoms with E-state index < -0.39 is 73.2 Å². The van der Waals surface area contributed by atoms with Crippen molar-refractivity contribution in [1.29, 1.82) is 0 Å². The van der Waals surface area contributed by atoms with Gasteiger partial charge in [0.1, 0.15) is 0 Å². The Hall–Kier alpha value is -11.7. The lowest BCUT2D eigenvalue weighted by atomic mass is 9.33. The molecule has 14 aromatic carbocycles. The fraction of sp³-hybridized carbons (Fsp3) is 0. The fourth-order valence-electron chi connectivity index (χ4n) is 14.7. The molecule has 5 heteroatoms. The molecule has 3 aromatic heterocycles. The predicted octanol–water partition coefficient (Wildman–Crippen LogP) is 20.4. The van der Waals surface area contributed by atoms with Crippen LogP contribution >= 0.6 is 0 Å². The van der Waals surface area contributed by atoms with Gasteiger partial charge in [0.05, 0.1) is 56.8 Å². The average molecular weight is 1140 g/mol. The van der Waals surface area contributed by atoms with Gasteiger partial charge in [0.15, 0.2) is 0 Å². The molecule has 89 heavy (non-hydrogen) atoms. The lowest BCUT2D eigenvalue weighted by molar-refractivity contribution is 1.17. The van der Waals surface area contributed by atoms with E-state index in [-0.39, 0.29) is 39.5 Å². The van der Waals surface area contributed by atoms with Gasteiger partial charge in [-0.1, -0.05) is 261 Å². The van der Waals surface area contributed by atoms with Gasteiger partial charge in [0.2, 0.25) is 0 Å². The quantitative estimate of drug-likeness (QED) is 0.154. The van der Waals surface area contributed by atoms with Crippen molar-refractivity contribution < 1.29 is 17.8 Å². The molecule has 0 fully saturated rings.